The fourth-order valence-electron chi connectivity index (χ4n) is 1.76. The van der Waals surface area contributed by atoms with E-state index >= 15 is 0 Å². The molecule has 1 aliphatic heterocycles. The van der Waals surface area contributed by atoms with Gasteiger partial charge in [-0.1, -0.05) is 0 Å². The maximum absolute atomic E-state index is 12.9. The summed E-state index contributed by atoms with van der Waals surface area (Å²) in [5.74, 6) is -2.74. The van der Waals surface area contributed by atoms with Gasteiger partial charge < -0.3 is 10.6 Å². The number of hydrogen-bond acceptors (Lipinski definition) is 3. The van der Waals surface area contributed by atoms with Crippen LogP contribution in [-0.4, -0.2) is 24.0 Å². The molecule has 1 fully saturated rings. The topological polar surface area (TPSA) is 42.1 Å². The van der Waals surface area contributed by atoms with Gasteiger partial charge in [0.15, 0.2) is 5.82 Å². The zero-order chi connectivity index (χ0) is 11.8. The summed E-state index contributed by atoms with van der Waals surface area (Å²) in [7, 11) is 0. The van der Waals surface area contributed by atoms with Gasteiger partial charge in [-0.3, -0.25) is 0 Å². The van der Waals surface area contributed by atoms with Crippen LogP contribution in [0.2, 0.25) is 0 Å². The van der Waals surface area contributed by atoms with Crippen LogP contribution < -0.4 is 10.6 Å². The van der Waals surface area contributed by atoms with Crippen molar-refractivity contribution in [3.8, 4) is 0 Å². The van der Waals surface area contributed by atoms with Crippen molar-refractivity contribution < 1.29 is 13.2 Å². The molecule has 2 heterocycles. The monoisotopic (exact) mass is 231 g/mol. The fraction of sp³-hybridized carbons (Fsp3) is 0.500. The molecule has 16 heavy (non-hydrogen) atoms. The number of nitrogens with zero attached hydrogens (tertiary/aromatic N) is 2. The van der Waals surface area contributed by atoms with Crippen molar-refractivity contribution in [1.82, 2.24) is 4.98 Å². The van der Waals surface area contributed by atoms with Crippen molar-refractivity contribution in [3.63, 3.8) is 0 Å². The van der Waals surface area contributed by atoms with Gasteiger partial charge in [-0.25, -0.2) is 18.2 Å². The molecule has 6 heteroatoms. The van der Waals surface area contributed by atoms with Crippen LogP contribution >= 0.6 is 0 Å². The number of rotatable bonds is 1. The smallest absolute Gasteiger partial charge is 0.251 e. The van der Waals surface area contributed by atoms with E-state index in [0.717, 1.165) is 12.3 Å². The molecule has 0 radical (unpaired) electrons. The SMILES string of the molecule is Nc1cc(F)cnc1N1CCC(F)(F)CC1. The maximum atomic E-state index is 12.9. The van der Waals surface area contributed by atoms with E-state index in [9.17, 15) is 13.2 Å². The molecule has 0 bridgehead atoms. The first-order valence-corrected chi connectivity index (χ1v) is 5.02. The first-order valence-electron chi connectivity index (χ1n) is 5.02. The van der Waals surface area contributed by atoms with Crippen LogP contribution in [0.1, 0.15) is 12.8 Å². The Morgan fingerprint density at radius 2 is 1.94 bits per heavy atom. The van der Waals surface area contributed by atoms with Gasteiger partial charge in [-0.15, -0.1) is 0 Å². The van der Waals surface area contributed by atoms with E-state index in [-0.39, 0.29) is 31.6 Å². The van der Waals surface area contributed by atoms with E-state index in [0.29, 0.717) is 5.82 Å². The third-order valence-corrected chi connectivity index (χ3v) is 2.66. The van der Waals surface area contributed by atoms with Gasteiger partial charge in [0.05, 0.1) is 11.9 Å². The minimum Gasteiger partial charge on any atom is -0.396 e. The standard InChI is InChI=1S/C10H12F3N3/c11-7-5-8(14)9(15-6-7)16-3-1-10(12,13)2-4-16/h5-6H,1-4,14H2. The van der Waals surface area contributed by atoms with E-state index in [1.165, 1.54) is 0 Å². The maximum Gasteiger partial charge on any atom is 0.251 e. The Bertz CT molecular complexity index is 385. The van der Waals surface area contributed by atoms with Crippen LogP contribution in [0.4, 0.5) is 24.7 Å². The molecule has 3 nitrogen and oxygen atoms in total. The molecule has 1 aliphatic rings. The van der Waals surface area contributed by atoms with Crippen LogP contribution in [0.25, 0.3) is 0 Å². The summed E-state index contributed by atoms with van der Waals surface area (Å²) in [4.78, 5) is 5.49. The highest BCUT2D eigenvalue weighted by atomic mass is 19.3. The first-order chi connectivity index (χ1) is 7.48. The Kier molecular flexibility index (Phi) is 2.65. The minimum absolute atomic E-state index is 0.185. The molecule has 2 N–H and O–H groups in total. The molecule has 1 aromatic rings. The summed E-state index contributed by atoms with van der Waals surface area (Å²) in [5.41, 5.74) is 5.77. The lowest BCUT2D eigenvalue weighted by atomic mass is 10.1. The Balaban J connectivity index is 2.14. The minimum atomic E-state index is -2.61. The van der Waals surface area contributed by atoms with Gasteiger partial charge in [-0.05, 0) is 0 Å². The zero-order valence-corrected chi connectivity index (χ0v) is 8.59. The predicted octanol–water partition coefficient (Wildman–Crippen LogP) is 2.04. The number of halogens is 3. The largest absolute Gasteiger partial charge is 0.396 e. The average Bonchev–Trinajstić information content (AvgIpc) is 2.19. The normalized spacial score (nSPS) is 19.8. The van der Waals surface area contributed by atoms with E-state index in [4.69, 9.17) is 5.73 Å². The van der Waals surface area contributed by atoms with Crippen LogP contribution in [0.15, 0.2) is 12.3 Å². The predicted molar refractivity (Wildman–Crippen MR) is 55.0 cm³/mol. The molecule has 1 saturated heterocycles. The second-order valence-corrected chi connectivity index (χ2v) is 3.91. The Morgan fingerprint density at radius 1 is 1.31 bits per heavy atom. The number of hydrogen-bond donors (Lipinski definition) is 1. The Hall–Kier alpha value is -1.46. The average molecular weight is 231 g/mol. The van der Waals surface area contributed by atoms with Crippen molar-refractivity contribution in [2.45, 2.75) is 18.8 Å². The van der Waals surface area contributed by atoms with Gasteiger partial charge in [0, 0.05) is 32.0 Å². The number of pyridine rings is 1. The molecule has 0 aromatic carbocycles. The van der Waals surface area contributed by atoms with Gasteiger partial charge in [0.25, 0.3) is 5.92 Å². The lowest BCUT2D eigenvalue weighted by Crippen LogP contribution is -2.40. The summed E-state index contributed by atoms with van der Waals surface area (Å²) in [6, 6.07) is 1.15. The zero-order valence-electron chi connectivity index (χ0n) is 8.59. The highest BCUT2D eigenvalue weighted by molar-refractivity contribution is 5.62. The van der Waals surface area contributed by atoms with Crippen molar-refractivity contribution in [3.05, 3.63) is 18.1 Å². The van der Waals surface area contributed by atoms with Gasteiger partial charge in [0.2, 0.25) is 0 Å². The summed E-state index contributed by atoms with van der Waals surface area (Å²) >= 11 is 0. The van der Waals surface area contributed by atoms with E-state index in [1.807, 2.05) is 0 Å². The number of nitrogens with two attached hydrogens (primary N) is 1. The lowest BCUT2D eigenvalue weighted by molar-refractivity contribution is -0.0221. The highest BCUT2D eigenvalue weighted by Gasteiger charge is 2.34. The van der Waals surface area contributed by atoms with E-state index < -0.39 is 11.7 Å². The number of anilines is 2. The number of aromatic nitrogens is 1. The summed E-state index contributed by atoms with van der Waals surface area (Å²) in [6.45, 7) is 0.381. The van der Waals surface area contributed by atoms with Crippen LogP contribution in [0, 0.1) is 5.82 Å². The Morgan fingerprint density at radius 3 is 2.50 bits per heavy atom. The van der Waals surface area contributed by atoms with Crippen LogP contribution in [0.5, 0.6) is 0 Å². The van der Waals surface area contributed by atoms with Gasteiger partial charge in [0.1, 0.15) is 5.82 Å². The molecule has 0 atom stereocenters. The summed E-state index contributed by atoms with van der Waals surface area (Å²) < 4.78 is 38.6. The summed E-state index contributed by atoms with van der Waals surface area (Å²) in [6.07, 6.45) is 0.607. The molecule has 0 aliphatic carbocycles. The van der Waals surface area contributed by atoms with E-state index in [1.54, 1.807) is 4.90 Å². The highest BCUT2D eigenvalue weighted by Crippen LogP contribution is 2.31. The quantitative estimate of drug-likeness (QED) is 0.804. The molecule has 0 amide bonds. The molecular formula is C10H12F3N3. The molecular weight excluding hydrogens is 219 g/mol. The fourth-order valence-corrected chi connectivity index (χ4v) is 1.76. The molecule has 0 spiro atoms. The molecule has 0 saturated carbocycles. The summed E-state index contributed by atoms with van der Waals surface area (Å²) in [5, 5.41) is 0. The van der Waals surface area contributed by atoms with E-state index in [2.05, 4.69) is 4.98 Å². The molecule has 0 unspecified atom stereocenters. The third-order valence-electron chi connectivity index (χ3n) is 2.66. The van der Waals surface area contributed by atoms with Crippen molar-refractivity contribution in [2.75, 3.05) is 23.7 Å². The first kappa shape index (κ1) is 11.0. The van der Waals surface area contributed by atoms with Crippen molar-refractivity contribution >= 4 is 11.5 Å². The van der Waals surface area contributed by atoms with Gasteiger partial charge >= 0.3 is 0 Å². The van der Waals surface area contributed by atoms with Crippen molar-refractivity contribution in [2.24, 2.45) is 0 Å². The molecule has 1 aromatic heterocycles. The van der Waals surface area contributed by atoms with Gasteiger partial charge in [-0.2, -0.15) is 0 Å². The number of alkyl halides is 2. The second-order valence-electron chi connectivity index (χ2n) is 3.91. The lowest BCUT2D eigenvalue weighted by Gasteiger charge is -2.33. The second kappa shape index (κ2) is 3.84. The third kappa shape index (κ3) is 2.20. The van der Waals surface area contributed by atoms with Crippen LogP contribution in [0.3, 0.4) is 0 Å². The number of piperidine rings is 1. The number of nitrogen functional groups attached to an aromatic ring is 1. The molecule has 88 valence electrons. The Labute approximate surface area is 91.1 Å². The molecule has 2 rings (SSSR count). The van der Waals surface area contributed by atoms with Crippen LogP contribution in [-0.2, 0) is 0 Å². The van der Waals surface area contributed by atoms with Crippen molar-refractivity contribution in [1.29, 1.82) is 0 Å².